The highest BCUT2D eigenvalue weighted by Gasteiger charge is 2.07. The molecule has 0 aromatic heterocycles. The lowest BCUT2D eigenvalue weighted by atomic mass is 10.1. The van der Waals surface area contributed by atoms with E-state index in [1.165, 1.54) is 0 Å². The number of hydrogen-bond acceptors (Lipinski definition) is 4. The predicted octanol–water partition coefficient (Wildman–Crippen LogP) is 1.13. The average molecular weight is 260 g/mol. The maximum absolute atomic E-state index is 11.3. The van der Waals surface area contributed by atoms with Crippen LogP contribution in [0.2, 0.25) is 0 Å². The number of ketones is 1. The standard InChI is InChI=1S/C10H16N2O2S2/c1-7(13)5-3-4-6-8(14)12-10(16)9(15)11-2/h3-6H2,1-2H3,(H,11,15)(H,12,14,16). The van der Waals surface area contributed by atoms with Crippen molar-refractivity contribution in [1.82, 2.24) is 10.6 Å². The summed E-state index contributed by atoms with van der Waals surface area (Å²) in [6.45, 7) is 1.54. The molecule has 2 N–H and O–H groups in total. The van der Waals surface area contributed by atoms with Gasteiger partial charge in [0.1, 0.15) is 15.8 Å². The van der Waals surface area contributed by atoms with Crippen molar-refractivity contribution in [2.45, 2.75) is 32.6 Å². The van der Waals surface area contributed by atoms with Gasteiger partial charge in [-0.3, -0.25) is 4.79 Å². The van der Waals surface area contributed by atoms with Crippen molar-refractivity contribution in [2.75, 3.05) is 7.05 Å². The zero-order chi connectivity index (χ0) is 12.6. The zero-order valence-corrected chi connectivity index (χ0v) is 11.1. The number of carbonyl (C=O) groups excluding carboxylic acids is 2. The maximum Gasteiger partial charge on any atom is 0.225 e. The molecule has 4 nitrogen and oxygen atoms in total. The summed E-state index contributed by atoms with van der Waals surface area (Å²) in [7, 11) is 1.65. The molecule has 0 unspecified atom stereocenters. The number of amides is 1. The number of unbranched alkanes of at least 4 members (excludes halogenated alkanes) is 1. The Morgan fingerprint density at radius 1 is 1.06 bits per heavy atom. The third kappa shape index (κ3) is 7.42. The van der Waals surface area contributed by atoms with E-state index >= 15 is 0 Å². The highest BCUT2D eigenvalue weighted by atomic mass is 32.1. The van der Waals surface area contributed by atoms with E-state index in [1.54, 1.807) is 14.0 Å². The first-order valence-corrected chi connectivity index (χ1v) is 5.84. The fraction of sp³-hybridized carbons (Fsp3) is 0.600. The lowest BCUT2D eigenvalue weighted by Crippen LogP contribution is -2.38. The molecule has 0 aliphatic rings. The first-order chi connectivity index (χ1) is 7.47. The molecule has 0 bridgehead atoms. The number of nitrogens with one attached hydrogen (secondary N) is 2. The minimum absolute atomic E-state index is 0.146. The van der Waals surface area contributed by atoms with Gasteiger partial charge in [-0.05, 0) is 19.8 Å². The number of hydrogen-bond donors (Lipinski definition) is 2. The van der Waals surface area contributed by atoms with E-state index in [-0.39, 0.29) is 16.7 Å². The predicted molar refractivity (Wildman–Crippen MR) is 71.5 cm³/mol. The normalized spacial score (nSPS) is 9.38. The van der Waals surface area contributed by atoms with E-state index in [0.29, 0.717) is 24.3 Å². The van der Waals surface area contributed by atoms with Crippen LogP contribution in [0.15, 0.2) is 0 Å². The molecule has 0 aliphatic carbocycles. The summed E-state index contributed by atoms with van der Waals surface area (Å²) in [4.78, 5) is 22.6. The first kappa shape index (κ1) is 15.1. The van der Waals surface area contributed by atoms with Crippen molar-refractivity contribution in [1.29, 1.82) is 0 Å². The molecule has 1 amide bonds. The molecule has 0 fully saturated rings. The van der Waals surface area contributed by atoms with Crippen LogP contribution in [0.25, 0.3) is 0 Å². The highest BCUT2D eigenvalue weighted by Crippen LogP contribution is 2.00. The van der Waals surface area contributed by atoms with Gasteiger partial charge in [0.25, 0.3) is 0 Å². The Labute approximate surface area is 106 Å². The van der Waals surface area contributed by atoms with Crippen molar-refractivity contribution in [3.05, 3.63) is 0 Å². The van der Waals surface area contributed by atoms with Gasteiger partial charge in [0, 0.05) is 19.9 Å². The lowest BCUT2D eigenvalue weighted by molar-refractivity contribution is -0.120. The second-order valence-electron chi connectivity index (χ2n) is 3.37. The molecular formula is C10H16N2O2S2. The van der Waals surface area contributed by atoms with Gasteiger partial charge in [-0.1, -0.05) is 24.4 Å². The minimum Gasteiger partial charge on any atom is -0.377 e. The van der Waals surface area contributed by atoms with Crippen LogP contribution in [-0.4, -0.2) is 28.7 Å². The molecular weight excluding hydrogens is 244 g/mol. The van der Waals surface area contributed by atoms with Crippen LogP contribution in [-0.2, 0) is 9.59 Å². The van der Waals surface area contributed by atoms with Crippen molar-refractivity contribution < 1.29 is 9.59 Å². The molecule has 0 aromatic carbocycles. The van der Waals surface area contributed by atoms with Gasteiger partial charge in [0.15, 0.2) is 0 Å². The minimum atomic E-state index is -0.161. The Hall–Kier alpha value is -0.880. The van der Waals surface area contributed by atoms with Crippen LogP contribution in [0, 0.1) is 0 Å². The Balaban J connectivity index is 3.70. The fourth-order valence-electron chi connectivity index (χ4n) is 1.02. The molecule has 0 heterocycles. The van der Waals surface area contributed by atoms with Gasteiger partial charge < -0.3 is 15.4 Å². The van der Waals surface area contributed by atoms with Gasteiger partial charge in [0.2, 0.25) is 5.91 Å². The van der Waals surface area contributed by atoms with E-state index in [9.17, 15) is 9.59 Å². The molecule has 0 atom stereocenters. The van der Waals surface area contributed by atoms with E-state index in [0.717, 1.165) is 6.42 Å². The molecule has 0 rings (SSSR count). The van der Waals surface area contributed by atoms with Gasteiger partial charge in [0.05, 0.1) is 0 Å². The van der Waals surface area contributed by atoms with Crippen LogP contribution in [0.4, 0.5) is 0 Å². The molecule has 0 aromatic rings. The van der Waals surface area contributed by atoms with Gasteiger partial charge >= 0.3 is 0 Å². The summed E-state index contributed by atoms with van der Waals surface area (Å²) < 4.78 is 0. The Morgan fingerprint density at radius 3 is 2.12 bits per heavy atom. The summed E-state index contributed by atoms with van der Waals surface area (Å²) in [5, 5.41) is 5.21. The Bertz CT molecular complexity index is 303. The van der Waals surface area contributed by atoms with E-state index in [4.69, 9.17) is 24.4 Å². The van der Waals surface area contributed by atoms with Gasteiger partial charge in [-0.15, -0.1) is 0 Å². The number of thiocarbonyl (C=S) groups is 2. The topological polar surface area (TPSA) is 58.2 Å². The van der Waals surface area contributed by atoms with Gasteiger partial charge in [-0.2, -0.15) is 0 Å². The van der Waals surface area contributed by atoms with E-state index in [1.807, 2.05) is 0 Å². The molecule has 6 heteroatoms. The van der Waals surface area contributed by atoms with Gasteiger partial charge in [-0.25, -0.2) is 0 Å². The Morgan fingerprint density at radius 2 is 1.62 bits per heavy atom. The van der Waals surface area contributed by atoms with Crippen molar-refractivity contribution in [2.24, 2.45) is 0 Å². The van der Waals surface area contributed by atoms with E-state index in [2.05, 4.69) is 10.6 Å². The lowest BCUT2D eigenvalue weighted by Gasteiger charge is -2.06. The van der Waals surface area contributed by atoms with Crippen LogP contribution < -0.4 is 10.6 Å². The molecule has 16 heavy (non-hydrogen) atoms. The number of rotatable bonds is 5. The SMILES string of the molecule is CNC(=S)C(=S)NC(=O)CCCCC(C)=O. The molecule has 0 radical (unpaired) electrons. The smallest absolute Gasteiger partial charge is 0.225 e. The number of Topliss-reactive ketones (excluding diaryl/α,β-unsaturated/α-hetero) is 1. The average Bonchev–Trinajstić information content (AvgIpc) is 2.22. The number of carbonyl (C=O) groups is 2. The van der Waals surface area contributed by atoms with Crippen molar-refractivity contribution in [3.63, 3.8) is 0 Å². The third-order valence-electron chi connectivity index (χ3n) is 1.87. The summed E-state index contributed by atoms with van der Waals surface area (Å²) >= 11 is 9.74. The fourth-order valence-corrected chi connectivity index (χ4v) is 1.29. The highest BCUT2D eigenvalue weighted by molar-refractivity contribution is 7.89. The maximum atomic E-state index is 11.3. The quantitative estimate of drug-likeness (QED) is 0.573. The largest absolute Gasteiger partial charge is 0.377 e. The molecule has 0 spiro atoms. The summed E-state index contributed by atoms with van der Waals surface area (Å²) in [5.74, 6) is -0.0153. The second kappa shape index (κ2) is 8.29. The number of likely N-dealkylation sites (N-methyl/N-ethyl adjacent to an activating group) is 1. The molecule has 0 saturated carbocycles. The van der Waals surface area contributed by atoms with Crippen molar-refractivity contribution >= 4 is 46.1 Å². The van der Waals surface area contributed by atoms with E-state index < -0.39 is 0 Å². The van der Waals surface area contributed by atoms with Crippen LogP contribution in [0.1, 0.15) is 32.6 Å². The van der Waals surface area contributed by atoms with Crippen LogP contribution in [0.3, 0.4) is 0 Å². The molecule has 90 valence electrons. The first-order valence-electron chi connectivity index (χ1n) is 5.02. The van der Waals surface area contributed by atoms with Crippen molar-refractivity contribution in [3.8, 4) is 0 Å². The van der Waals surface area contributed by atoms with Crippen LogP contribution >= 0.6 is 24.4 Å². The van der Waals surface area contributed by atoms with Crippen LogP contribution in [0.5, 0.6) is 0 Å². The summed E-state index contributed by atoms with van der Waals surface area (Å²) in [6.07, 6.45) is 2.29. The molecule has 0 saturated heterocycles. The second-order valence-corrected chi connectivity index (χ2v) is 4.18. The Kier molecular flexibility index (Phi) is 7.84. The third-order valence-corrected chi connectivity index (χ3v) is 2.71. The zero-order valence-electron chi connectivity index (χ0n) is 9.46. The monoisotopic (exact) mass is 260 g/mol. The molecule has 0 aliphatic heterocycles. The summed E-state index contributed by atoms with van der Waals surface area (Å²) in [5.41, 5.74) is 0. The summed E-state index contributed by atoms with van der Waals surface area (Å²) in [6, 6.07) is 0.